The summed E-state index contributed by atoms with van der Waals surface area (Å²) in [5, 5.41) is 8.84. The Morgan fingerprint density at radius 1 is 1.00 bits per heavy atom. The van der Waals surface area contributed by atoms with Gasteiger partial charge in [-0.2, -0.15) is 0 Å². The van der Waals surface area contributed by atoms with Crippen molar-refractivity contribution in [3.8, 4) is 22.8 Å². The van der Waals surface area contributed by atoms with Crippen LogP contribution in [0.5, 0.6) is 11.5 Å². The number of hydrogen-bond donors (Lipinski definition) is 2. The maximum absolute atomic E-state index is 10.8. The summed E-state index contributed by atoms with van der Waals surface area (Å²) in [6, 6.07) is 15.7. The number of imidazole rings is 1. The summed E-state index contributed by atoms with van der Waals surface area (Å²) in [5.41, 5.74) is 7.41. The van der Waals surface area contributed by atoms with Crippen molar-refractivity contribution in [3.05, 3.63) is 83.2 Å². The zero-order valence-corrected chi connectivity index (χ0v) is 24.2. The number of aromatic nitrogens is 4. The maximum Gasteiger partial charge on any atom is 0.341 e. The van der Waals surface area contributed by atoms with Gasteiger partial charge in [-0.3, -0.25) is 0 Å². The number of aryl methyl sites for hydroxylation is 1. The first-order valence-electron chi connectivity index (χ1n) is 14.4. The number of nitrogens with one attached hydrogen (secondary N) is 1. The van der Waals surface area contributed by atoms with Gasteiger partial charge < -0.3 is 24.5 Å². The van der Waals surface area contributed by atoms with Crippen LogP contribution < -0.4 is 14.4 Å². The second-order valence-corrected chi connectivity index (χ2v) is 11.2. The van der Waals surface area contributed by atoms with Crippen LogP contribution >= 0.6 is 0 Å². The molecule has 42 heavy (non-hydrogen) atoms. The molecule has 0 saturated carbocycles. The van der Waals surface area contributed by atoms with E-state index < -0.39 is 5.97 Å². The van der Waals surface area contributed by atoms with Gasteiger partial charge in [0.15, 0.2) is 6.61 Å². The first-order valence-corrected chi connectivity index (χ1v) is 14.4. The van der Waals surface area contributed by atoms with Crippen LogP contribution in [0.4, 0.5) is 5.82 Å². The van der Waals surface area contributed by atoms with Crippen molar-refractivity contribution in [1.82, 2.24) is 19.9 Å². The van der Waals surface area contributed by atoms with Gasteiger partial charge in [0.25, 0.3) is 0 Å². The van der Waals surface area contributed by atoms with Crippen molar-refractivity contribution in [2.45, 2.75) is 45.4 Å². The second kappa shape index (κ2) is 11.3. The summed E-state index contributed by atoms with van der Waals surface area (Å²) >= 11 is 0. The molecule has 2 N–H and O–H groups in total. The summed E-state index contributed by atoms with van der Waals surface area (Å²) in [6.07, 6.45) is 6.49. The minimum Gasteiger partial charge on any atom is -0.494 e. The highest BCUT2D eigenvalue weighted by molar-refractivity contribution is 5.91. The van der Waals surface area contributed by atoms with Crippen LogP contribution in [-0.4, -0.2) is 57.3 Å². The van der Waals surface area contributed by atoms with Crippen LogP contribution in [0.25, 0.3) is 22.9 Å². The van der Waals surface area contributed by atoms with E-state index in [9.17, 15) is 4.79 Å². The van der Waals surface area contributed by atoms with Crippen molar-refractivity contribution in [2.24, 2.45) is 0 Å². The lowest BCUT2D eigenvalue weighted by atomic mass is 9.79. The zero-order valence-electron chi connectivity index (χ0n) is 24.2. The molecule has 9 heteroatoms. The number of nitrogens with zero attached hydrogens (tertiary/aromatic N) is 4. The van der Waals surface area contributed by atoms with Crippen molar-refractivity contribution in [3.63, 3.8) is 0 Å². The number of H-pyrrole nitrogens is 1. The van der Waals surface area contributed by atoms with Crippen LogP contribution in [0.1, 0.15) is 55.0 Å². The molecule has 1 aliphatic carbocycles. The number of ether oxygens (including phenoxy) is 2. The van der Waals surface area contributed by atoms with E-state index in [1.54, 1.807) is 18.5 Å². The SMILES string of the molecule is CCOc1ccc(-c2nc(C3(C)CCN(c4ncnc5c4C=C(c4ccc(OCC(=O)O)cc4)C5)CC3)[nH]c2C)cc1. The Kier molecular flexibility index (Phi) is 7.41. The number of fused-ring (bicyclic) bond motifs is 1. The van der Waals surface area contributed by atoms with Gasteiger partial charge >= 0.3 is 5.97 Å². The van der Waals surface area contributed by atoms with Gasteiger partial charge in [0.2, 0.25) is 0 Å². The third-order valence-electron chi connectivity index (χ3n) is 8.27. The quantitative estimate of drug-likeness (QED) is 0.266. The minimum atomic E-state index is -0.995. The predicted octanol–water partition coefficient (Wildman–Crippen LogP) is 5.69. The molecule has 4 aromatic rings. The smallest absolute Gasteiger partial charge is 0.341 e. The fourth-order valence-corrected chi connectivity index (χ4v) is 5.82. The Bertz CT molecular complexity index is 1620. The predicted molar refractivity (Wildman–Crippen MR) is 162 cm³/mol. The van der Waals surface area contributed by atoms with Gasteiger partial charge in [0, 0.05) is 41.7 Å². The molecule has 0 radical (unpaired) electrons. The Morgan fingerprint density at radius 3 is 2.33 bits per heavy atom. The van der Waals surface area contributed by atoms with Crippen molar-refractivity contribution in [2.75, 3.05) is 31.2 Å². The lowest BCUT2D eigenvalue weighted by Gasteiger charge is -2.39. The molecular weight excluding hydrogens is 530 g/mol. The number of benzene rings is 2. The monoisotopic (exact) mass is 565 g/mol. The molecule has 0 spiro atoms. The highest BCUT2D eigenvalue weighted by Crippen LogP contribution is 2.40. The van der Waals surface area contributed by atoms with Gasteiger partial charge in [0.1, 0.15) is 29.5 Å². The summed E-state index contributed by atoms with van der Waals surface area (Å²) in [7, 11) is 0. The summed E-state index contributed by atoms with van der Waals surface area (Å²) in [5.74, 6) is 2.42. The molecule has 9 nitrogen and oxygen atoms in total. The first kappa shape index (κ1) is 27.5. The lowest BCUT2D eigenvalue weighted by molar-refractivity contribution is -0.139. The second-order valence-electron chi connectivity index (χ2n) is 11.2. The number of rotatable bonds is 9. The molecule has 0 amide bonds. The Morgan fingerprint density at radius 2 is 1.67 bits per heavy atom. The van der Waals surface area contributed by atoms with Gasteiger partial charge in [-0.05, 0) is 80.3 Å². The van der Waals surface area contributed by atoms with E-state index in [-0.39, 0.29) is 12.0 Å². The Balaban J connectivity index is 1.16. The summed E-state index contributed by atoms with van der Waals surface area (Å²) in [4.78, 5) is 31.1. The van der Waals surface area contributed by atoms with Gasteiger partial charge in [-0.1, -0.05) is 19.1 Å². The Hall–Kier alpha value is -4.66. The first-order chi connectivity index (χ1) is 20.3. The molecule has 2 aliphatic rings. The van der Waals surface area contributed by atoms with E-state index >= 15 is 0 Å². The van der Waals surface area contributed by atoms with Crippen LogP contribution in [0, 0.1) is 6.92 Å². The van der Waals surface area contributed by atoms with E-state index in [2.05, 4.69) is 46.9 Å². The lowest BCUT2D eigenvalue weighted by Crippen LogP contribution is -2.42. The van der Waals surface area contributed by atoms with Crippen LogP contribution in [0.3, 0.4) is 0 Å². The van der Waals surface area contributed by atoms with Crippen LogP contribution in [0.2, 0.25) is 0 Å². The number of carboxylic acids is 1. The number of carboxylic acid groups (broad SMARTS) is 1. The molecule has 0 atom stereocenters. The van der Waals surface area contributed by atoms with Crippen molar-refractivity contribution in [1.29, 1.82) is 0 Å². The number of aliphatic carboxylic acids is 1. The van der Waals surface area contributed by atoms with Gasteiger partial charge in [0.05, 0.1) is 18.0 Å². The third-order valence-corrected chi connectivity index (χ3v) is 8.27. The molecule has 1 aliphatic heterocycles. The number of allylic oxidation sites excluding steroid dienone is 1. The minimum absolute atomic E-state index is 0.0631. The van der Waals surface area contributed by atoms with Crippen molar-refractivity contribution < 1.29 is 19.4 Å². The molecule has 3 heterocycles. The number of hydrogen-bond acceptors (Lipinski definition) is 7. The summed E-state index contributed by atoms with van der Waals surface area (Å²) in [6.45, 7) is 8.41. The number of aromatic amines is 1. The fraction of sp³-hybridized carbons (Fsp3) is 0.333. The number of piperidine rings is 1. The average molecular weight is 566 g/mol. The van der Waals surface area contributed by atoms with E-state index in [0.717, 1.165) is 89.1 Å². The fourth-order valence-electron chi connectivity index (χ4n) is 5.82. The molecular formula is C33H35N5O4. The molecule has 0 bridgehead atoms. The van der Waals surface area contributed by atoms with Gasteiger partial charge in [-0.15, -0.1) is 0 Å². The largest absolute Gasteiger partial charge is 0.494 e. The van der Waals surface area contributed by atoms with Crippen molar-refractivity contribution >= 4 is 23.4 Å². The molecule has 0 unspecified atom stereocenters. The molecule has 6 rings (SSSR count). The highest BCUT2D eigenvalue weighted by atomic mass is 16.5. The maximum atomic E-state index is 10.8. The van der Waals surface area contributed by atoms with E-state index in [0.29, 0.717) is 12.4 Å². The normalized spacial score (nSPS) is 15.7. The zero-order chi connectivity index (χ0) is 29.3. The third kappa shape index (κ3) is 5.46. The highest BCUT2D eigenvalue weighted by Gasteiger charge is 2.36. The van der Waals surface area contributed by atoms with E-state index in [1.165, 1.54) is 0 Å². The topological polar surface area (TPSA) is 113 Å². The molecule has 216 valence electrons. The van der Waals surface area contributed by atoms with Crippen LogP contribution in [-0.2, 0) is 16.6 Å². The van der Waals surface area contributed by atoms with Gasteiger partial charge in [-0.25, -0.2) is 19.7 Å². The number of anilines is 1. The average Bonchev–Trinajstić information content (AvgIpc) is 3.62. The molecule has 1 fully saturated rings. The molecule has 1 saturated heterocycles. The van der Waals surface area contributed by atoms with E-state index in [1.807, 2.05) is 31.2 Å². The van der Waals surface area contributed by atoms with Crippen LogP contribution in [0.15, 0.2) is 54.9 Å². The molecule has 2 aromatic heterocycles. The Labute approximate surface area is 245 Å². The summed E-state index contributed by atoms with van der Waals surface area (Å²) < 4.78 is 10.9. The van der Waals surface area contributed by atoms with E-state index in [4.69, 9.17) is 24.5 Å². The molecule has 2 aromatic carbocycles. The number of carbonyl (C=O) groups is 1. The standard InChI is InChI=1S/C33H35N5O4/c1-4-41-25-11-7-23(8-12-25)30-21(2)36-32(37-30)33(3)13-15-38(16-14-33)31-27-17-24(18-28(27)34-20-35-31)22-5-9-26(10-6-22)42-19-29(39)40/h5-12,17,20H,4,13-16,18-19H2,1-3H3,(H,36,37)(H,39,40).